The largest absolute Gasteiger partial charge is 0.480 e. The Bertz CT molecular complexity index is 446. The molecular weight excluding hydrogens is 254 g/mol. The van der Waals surface area contributed by atoms with Crippen LogP contribution in [-0.4, -0.2) is 44.0 Å². The van der Waals surface area contributed by atoms with Gasteiger partial charge in [-0.1, -0.05) is 0 Å². The highest BCUT2D eigenvalue weighted by Crippen LogP contribution is 2.27. The summed E-state index contributed by atoms with van der Waals surface area (Å²) in [5, 5.41) is 11.9. The lowest BCUT2D eigenvalue weighted by atomic mass is 9.92. The van der Waals surface area contributed by atoms with E-state index in [2.05, 4.69) is 15.3 Å². The first-order chi connectivity index (χ1) is 8.64. The van der Waals surface area contributed by atoms with Crippen molar-refractivity contribution >= 4 is 23.6 Å². The van der Waals surface area contributed by atoms with Gasteiger partial charge in [0.2, 0.25) is 0 Å². The van der Waals surface area contributed by atoms with Crippen LogP contribution in [0.1, 0.15) is 23.2 Å². The number of hydrogen-bond acceptors (Lipinski definition) is 5. The van der Waals surface area contributed by atoms with E-state index in [1.165, 1.54) is 18.7 Å². The first-order valence-corrected chi connectivity index (χ1v) is 6.68. The van der Waals surface area contributed by atoms with E-state index in [0.717, 1.165) is 11.5 Å². The number of aliphatic carboxylic acids is 1. The Labute approximate surface area is 108 Å². The molecule has 0 unspecified atom stereocenters. The number of aromatic nitrogens is 2. The third kappa shape index (κ3) is 2.61. The van der Waals surface area contributed by atoms with Gasteiger partial charge in [-0.3, -0.25) is 4.79 Å². The minimum Gasteiger partial charge on any atom is -0.480 e. The molecule has 7 heteroatoms. The maximum absolute atomic E-state index is 12.0. The summed E-state index contributed by atoms with van der Waals surface area (Å²) in [6.07, 6.45) is 4.94. The van der Waals surface area contributed by atoms with Gasteiger partial charge in [0.15, 0.2) is 0 Å². The summed E-state index contributed by atoms with van der Waals surface area (Å²) in [6, 6.07) is 0. The van der Waals surface area contributed by atoms with Crippen molar-refractivity contribution in [2.45, 2.75) is 18.4 Å². The molecule has 0 aliphatic carbocycles. The Balaban J connectivity index is 2.15. The fourth-order valence-corrected chi connectivity index (χ4v) is 3.01. The van der Waals surface area contributed by atoms with Crippen molar-refractivity contribution in [3.8, 4) is 0 Å². The summed E-state index contributed by atoms with van der Waals surface area (Å²) in [5.41, 5.74) is -0.880. The number of carboxylic acids is 1. The average molecular weight is 267 g/mol. The van der Waals surface area contributed by atoms with Crippen LogP contribution in [0.3, 0.4) is 0 Å². The number of carbonyl (C=O) groups is 2. The maximum Gasteiger partial charge on any atom is 0.329 e. The van der Waals surface area contributed by atoms with Crippen molar-refractivity contribution in [3.05, 3.63) is 24.3 Å². The Morgan fingerprint density at radius 3 is 2.44 bits per heavy atom. The molecule has 0 spiro atoms. The van der Waals surface area contributed by atoms with Gasteiger partial charge in [-0.2, -0.15) is 11.8 Å². The monoisotopic (exact) mass is 267 g/mol. The Morgan fingerprint density at radius 2 is 1.89 bits per heavy atom. The lowest BCUT2D eigenvalue weighted by Gasteiger charge is -2.33. The molecular formula is C11H13N3O3S. The number of amides is 1. The van der Waals surface area contributed by atoms with E-state index in [0.29, 0.717) is 12.8 Å². The number of nitrogens with one attached hydrogen (secondary N) is 1. The van der Waals surface area contributed by atoms with Gasteiger partial charge >= 0.3 is 5.97 Å². The van der Waals surface area contributed by atoms with Crippen LogP contribution < -0.4 is 5.32 Å². The number of carboxylic acid groups (broad SMARTS) is 1. The second kappa shape index (κ2) is 5.34. The van der Waals surface area contributed by atoms with Crippen LogP contribution in [0.15, 0.2) is 18.7 Å². The third-order valence-corrected chi connectivity index (χ3v) is 3.92. The predicted molar refractivity (Wildman–Crippen MR) is 66.4 cm³/mol. The minimum absolute atomic E-state index is 0.274. The van der Waals surface area contributed by atoms with Crippen molar-refractivity contribution in [1.82, 2.24) is 15.3 Å². The first kappa shape index (κ1) is 12.8. The zero-order valence-electron chi connectivity index (χ0n) is 9.63. The summed E-state index contributed by atoms with van der Waals surface area (Å²) < 4.78 is 0. The van der Waals surface area contributed by atoms with Crippen molar-refractivity contribution in [2.75, 3.05) is 11.5 Å². The predicted octanol–water partition coefficient (Wildman–Crippen LogP) is 0.557. The fraction of sp³-hybridized carbons (Fsp3) is 0.455. The normalized spacial score (nSPS) is 18.0. The van der Waals surface area contributed by atoms with Crippen LogP contribution >= 0.6 is 11.8 Å². The maximum atomic E-state index is 12.0. The van der Waals surface area contributed by atoms with E-state index >= 15 is 0 Å². The van der Waals surface area contributed by atoms with Crippen LogP contribution in [0.2, 0.25) is 0 Å². The molecule has 0 bridgehead atoms. The van der Waals surface area contributed by atoms with Crippen LogP contribution in [-0.2, 0) is 4.79 Å². The van der Waals surface area contributed by atoms with E-state index in [9.17, 15) is 14.7 Å². The highest BCUT2D eigenvalue weighted by molar-refractivity contribution is 7.99. The second-order valence-electron chi connectivity index (χ2n) is 4.08. The number of thioether (sulfide) groups is 1. The van der Waals surface area contributed by atoms with Gasteiger partial charge in [-0.05, 0) is 24.3 Å². The molecule has 1 amide bonds. The molecule has 0 aromatic carbocycles. The van der Waals surface area contributed by atoms with Gasteiger partial charge in [0.1, 0.15) is 11.9 Å². The highest BCUT2D eigenvalue weighted by Gasteiger charge is 2.41. The summed E-state index contributed by atoms with van der Waals surface area (Å²) >= 11 is 1.70. The van der Waals surface area contributed by atoms with Crippen molar-refractivity contribution in [1.29, 1.82) is 0 Å². The number of rotatable bonds is 3. The highest BCUT2D eigenvalue weighted by atomic mass is 32.2. The van der Waals surface area contributed by atoms with Gasteiger partial charge in [-0.15, -0.1) is 0 Å². The second-order valence-corrected chi connectivity index (χ2v) is 5.31. The zero-order valence-corrected chi connectivity index (χ0v) is 10.4. The lowest BCUT2D eigenvalue weighted by Crippen LogP contribution is -2.56. The van der Waals surface area contributed by atoms with Crippen molar-refractivity contribution < 1.29 is 14.7 Å². The molecule has 2 heterocycles. The molecule has 1 aromatic heterocycles. The Kier molecular flexibility index (Phi) is 3.81. The molecule has 0 radical (unpaired) electrons. The molecule has 6 nitrogen and oxygen atoms in total. The number of hydrogen-bond donors (Lipinski definition) is 2. The van der Waals surface area contributed by atoms with E-state index < -0.39 is 17.4 Å². The molecule has 1 aromatic rings. The van der Waals surface area contributed by atoms with Crippen molar-refractivity contribution in [3.63, 3.8) is 0 Å². The zero-order chi connectivity index (χ0) is 13.0. The van der Waals surface area contributed by atoms with Gasteiger partial charge in [0, 0.05) is 12.4 Å². The molecule has 2 rings (SSSR count). The molecule has 1 aliphatic heterocycles. The van der Waals surface area contributed by atoms with E-state index in [1.54, 1.807) is 11.8 Å². The first-order valence-electron chi connectivity index (χ1n) is 5.53. The van der Waals surface area contributed by atoms with Gasteiger partial charge < -0.3 is 10.4 Å². The SMILES string of the molecule is O=C(NC1(C(=O)O)CCSCC1)c1cncnc1. The topological polar surface area (TPSA) is 92.2 Å². The summed E-state index contributed by atoms with van der Waals surface area (Å²) in [7, 11) is 0. The van der Waals surface area contributed by atoms with Gasteiger partial charge in [0.25, 0.3) is 5.91 Å². The van der Waals surface area contributed by atoms with E-state index in [1.807, 2.05) is 0 Å². The van der Waals surface area contributed by atoms with E-state index in [-0.39, 0.29) is 5.56 Å². The van der Waals surface area contributed by atoms with Crippen molar-refractivity contribution in [2.24, 2.45) is 0 Å². The fourth-order valence-electron chi connectivity index (χ4n) is 1.82. The van der Waals surface area contributed by atoms with Crippen LogP contribution in [0.25, 0.3) is 0 Å². The molecule has 1 saturated heterocycles. The van der Waals surface area contributed by atoms with Gasteiger partial charge in [0.05, 0.1) is 5.56 Å². The van der Waals surface area contributed by atoms with Crippen LogP contribution in [0.5, 0.6) is 0 Å². The van der Waals surface area contributed by atoms with Crippen LogP contribution in [0.4, 0.5) is 0 Å². The molecule has 96 valence electrons. The molecule has 2 N–H and O–H groups in total. The average Bonchev–Trinajstić information content (AvgIpc) is 2.40. The summed E-state index contributed by atoms with van der Waals surface area (Å²) in [6.45, 7) is 0. The smallest absolute Gasteiger partial charge is 0.329 e. The van der Waals surface area contributed by atoms with E-state index in [4.69, 9.17) is 0 Å². The summed E-state index contributed by atoms with van der Waals surface area (Å²) in [5.74, 6) is 0.0494. The Hall–Kier alpha value is -1.63. The summed E-state index contributed by atoms with van der Waals surface area (Å²) in [4.78, 5) is 30.8. The Morgan fingerprint density at radius 1 is 1.28 bits per heavy atom. The lowest BCUT2D eigenvalue weighted by molar-refractivity contribution is -0.144. The quantitative estimate of drug-likeness (QED) is 0.831. The van der Waals surface area contributed by atoms with Gasteiger partial charge in [-0.25, -0.2) is 14.8 Å². The third-order valence-electron chi connectivity index (χ3n) is 2.93. The molecule has 1 aliphatic rings. The minimum atomic E-state index is -1.15. The van der Waals surface area contributed by atoms with Crippen LogP contribution in [0, 0.1) is 0 Å². The number of nitrogens with zero attached hydrogens (tertiary/aromatic N) is 2. The number of carbonyl (C=O) groups excluding carboxylic acids is 1. The molecule has 0 saturated carbocycles. The standard InChI is InChI=1S/C11H13N3O3S/c15-9(8-5-12-7-13-6-8)14-11(10(16)17)1-3-18-4-2-11/h5-7H,1-4H2,(H,14,15)(H,16,17). The molecule has 0 atom stereocenters. The molecule has 18 heavy (non-hydrogen) atoms. The molecule has 1 fully saturated rings.